The molecule has 0 spiro atoms. The number of guanidine groups is 1. The number of aromatic nitrogens is 3. The lowest BCUT2D eigenvalue weighted by Gasteiger charge is -2.20. The third kappa shape index (κ3) is 7.67. The molecule has 0 radical (unpaired) electrons. The molecule has 0 aliphatic rings. The second-order valence-corrected chi connectivity index (χ2v) is 7.57. The molecule has 10 heteroatoms. The lowest BCUT2D eigenvalue weighted by Crippen LogP contribution is -2.37. The molecule has 1 unspecified atom stereocenters. The van der Waals surface area contributed by atoms with E-state index in [1.807, 2.05) is 38.1 Å². The van der Waals surface area contributed by atoms with E-state index in [1.165, 1.54) is 0 Å². The highest BCUT2D eigenvalue weighted by Crippen LogP contribution is 2.24. The number of aryl methyl sites for hydroxylation is 1. The van der Waals surface area contributed by atoms with Crippen molar-refractivity contribution in [3.8, 4) is 12.3 Å². The van der Waals surface area contributed by atoms with Crippen molar-refractivity contribution in [3.63, 3.8) is 0 Å². The second-order valence-electron chi connectivity index (χ2n) is 7.17. The van der Waals surface area contributed by atoms with E-state index < -0.39 is 6.04 Å². The van der Waals surface area contributed by atoms with E-state index in [1.54, 1.807) is 24.9 Å². The first-order valence-electron chi connectivity index (χ1n) is 10.8. The summed E-state index contributed by atoms with van der Waals surface area (Å²) in [7, 11) is 1.77. The minimum atomic E-state index is -0.541. The third-order valence-corrected chi connectivity index (χ3v) is 4.71. The molecule has 2 heterocycles. The van der Waals surface area contributed by atoms with Crippen LogP contribution in [-0.2, 0) is 11.8 Å². The van der Waals surface area contributed by atoms with E-state index in [4.69, 9.17) is 16.0 Å². The minimum Gasteiger partial charge on any atom is -0.423 e. The minimum absolute atomic E-state index is 0.0771. The molecule has 1 atom stereocenters. The topological polar surface area (TPSA) is 109 Å². The molecule has 0 aliphatic heterocycles. The van der Waals surface area contributed by atoms with Crippen LogP contribution in [0.5, 0.6) is 0 Å². The first-order valence-corrected chi connectivity index (χ1v) is 11.2. The summed E-state index contributed by atoms with van der Waals surface area (Å²) < 4.78 is 7.33. The Morgan fingerprint density at radius 3 is 2.68 bits per heavy atom. The van der Waals surface area contributed by atoms with E-state index in [-0.39, 0.29) is 18.3 Å². The van der Waals surface area contributed by atoms with E-state index in [2.05, 4.69) is 49.9 Å². The Morgan fingerprint density at radius 2 is 2.09 bits per heavy atom. The molecule has 2 aromatic heterocycles. The van der Waals surface area contributed by atoms with Crippen LogP contribution in [0.3, 0.4) is 0 Å². The maximum atomic E-state index is 12.5. The van der Waals surface area contributed by atoms with Crippen molar-refractivity contribution in [2.45, 2.75) is 39.7 Å². The highest BCUT2D eigenvalue weighted by molar-refractivity contribution is 6.31. The van der Waals surface area contributed by atoms with E-state index in [0.29, 0.717) is 40.9 Å². The standard InChI is InChI=1S/C21H26ClN7O2.C3H4/c1-5-13(3)24-18(30)11-16(19-14(22)12-29(4)28-19)25-20(23-6-2)27-21-26-15-9-7-8-10-17(15)31-21;1-3-2/h7-10,12,16H,3,5-6,11H2,1-2,4H3,(H,24,30)(H2,23,25,26,27);1H,2H3. The Hall–Kier alpha value is -3.77. The van der Waals surface area contributed by atoms with Gasteiger partial charge in [-0.3, -0.25) is 19.8 Å². The van der Waals surface area contributed by atoms with Crippen LogP contribution in [0, 0.1) is 12.3 Å². The number of halogens is 1. The zero-order chi connectivity index (χ0) is 25.1. The molecule has 1 aromatic carbocycles. The maximum absolute atomic E-state index is 12.5. The van der Waals surface area contributed by atoms with E-state index in [9.17, 15) is 4.79 Å². The van der Waals surface area contributed by atoms with Crippen molar-refractivity contribution in [2.24, 2.45) is 12.0 Å². The summed E-state index contributed by atoms with van der Waals surface area (Å²) in [6.07, 6.45) is 7.00. The predicted octanol–water partition coefficient (Wildman–Crippen LogP) is 4.40. The van der Waals surface area contributed by atoms with Gasteiger partial charge >= 0.3 is 6.01 Å². The van der Waals surface area contributed by atoms with Crippen LogP contribution in [0.4, 0.5) is 6.01 Å². The molecular formula is C24H30ClN7O2. The average molecular weight is 484 g/mol. The molecule has 0 saturated carbocycles. The first-order chi connectivity index (χ1) is 16.3. The number of hydrogen-bond acceptors (Lipinski definition) is 5. The van der Waals surface area contributed by atoms with E-state index >= 15 is 0 Å². The van der Waals surface area contributed by atoms with Crippen molar-refractivity contribution >= 4 is 40.6 Å². The van der Waals surface area contributed by atoms with Crippen molar-refractivity contribution in [3.05, 3.63) is 53.5 Å². The number of aliphatic imine (C=N–C) groups is 1. The molecule has 3 N–H and O–H groups in total. The fourth-order valence-corrected chi connectivity index (χ4v) is 3.23. The molecular weight excluding hydrogens is 454 g/mol. The molecule has 3 aromatic rings. The molecule has 9 nitrogen and oxygen atoms in total. The number of amides is 1. The Balaban J connectivity index is 0.00000129. The van der Waals surface area contributed by atoms with Gasteiger partial charge in [-0.05, 0) is 32.4 Å². The highest BCUT2D eigenvalue weighted by Gasteiger charge is 2.24. The zero-order valence-electron chi connectivity index (χ0n) is 19.9. The maximum Gasteiger partial charge on any atom is 0.302 e. The number of carbonyl (C=O) groups is 1. The van der Waals surface area contributed by atoms with Gasteiger partial charge in [-0.1, -0.05) is 37.2 Å². The number of benzene rings is 1. The smallest absolute Gasteiger partial charge is 0.302 e. The van der Waals surface area contributed by atoms with Crippen molar-refractivity contribution < 1.29 is 9.21 Å². The van der Waals surface area contributed by atoms with Gasteiger partial charge in [-0.2, -0.15) is 10.1 Å². The predicted molar refractivity (Wildman–Crippen MR) is 136 cm³/mol. The van der Waals surface area contributed by atoms with Crippen LogP contribution in [-0.4, -0.2) is 33.2 Å². The number of anilines is 1. The summed E-state index contributed by atoms with van der Waals surface area (Å²) in [5.74, 6) is 2.44. The van der Waals surface area contributed by atoms with Gasteiger partial charge in [0, 0.05) is 25.5 Å². The van der Waals surface area contributed by atoms with Gasteiger partial charge < -0.3 is 15.1 Å². The fraction of sp³-hybridized carbons (Fsp3) is 0.333. The number of para-hydroxylation sites is 2. The quantitative estimate of drug-likeness (QED) is 0.249. The van der Waals surface area contributed by atoms with Gasteiger partial charge in [0.05, 0.1) is 17.5 Å². The SMILES string of the molecule is C#CC.C=C(CC)NC(=O)CC(NC(=NCC)Nc1nc2ccccc2o1)c1nn(C)cc1Cl. The lowest BCUT2D eigenvalue weighted by atomic mass is 10.1. The molecule has 0 aliphatic carbocycles. The second kappa shape index (κ2) is 13.1. The van der Waals surface area contributed by atoms with Crippen LogP contribution in [0.15, 0.2) is 52.1 Å². The van der Waals surface area contributed by atoms with Gasteiger partial charge in [-0.15, -0.1) is 12.3 Å². The Bertz CT molecular complexity index is 1160. The molecule has 0 bridgehead atoms. The van der Waals surface area contributed by atoms with Crippen molar-refractivity contribution in [1.29, 1.82) is 0 Å². The average Bonchev–Trinajstić information content (AvgIpc) is 3.35. The number of fused-ring (bicyclic) bond motifs is 1. The zero-order valence-corrected chi connectivity index (χ0v) is 20.6. The number of nitrogens with one attached hydrogen (secondary N) is 3. The first kappa shape index (κ1) is 26.5. The number of oxazole rings is 1. The Morgan fingerprint density at radius 1 is 1.38 bits per heavy atom. The lowest BCUT2D eigenvalue weighted by molar-refractivity contribution is -0.120. The number of rotatable bonds is 8. The van der Waals surface area contributed by atoms with Gasteiger partial charge in [-0.25, -0.2) is 0 Å². The summed E-state index contributed by atoms with van der Waals surface area (Å²) in [5.41, 5.74) is 2.55. The molecule has 180 valence electrons. The normalized spacial score (nSPS) is 11.7. The monoisotopic (exact) mass is 483 g/mol. The van der Waals surface area contributed by atoms with Crippen LogP contribution in [0.25, 0.3) is 11.1 Å². The molecule has 1 amide bonds. The van der Waals surface area contributed by atoms with Crippen molar-refractivity contribution in [1.82, 2.24) is 25.4 Å². The molecule has 0 fully saturated rings. The van der Waals surface area contributed by atoms with Gasteiger partial charge in [0.2, 0.25) is 5.91 Å². The summed E-state index contributed by atoms with van der Waals surface area (Å²) in [6, 6.07) is 7.19. The summed E-state index contributed by atoms with van der Waals surface area (Å²) >= 11 is 6.37. The van der Waals surface area contributed by atoms with Crippen LogP contribution < -0.4 is 16.0 Å². The molecule has 34 heavy (non-hydrogen) atoms. The number of carbonyl (C=O) groups excluding carboxylic acids is 1. The molecule has 0 saturated heterocycles. The van der Waals surface area contributed by atoms with Crippen LogP contribution in [0.2, 0.25) is 5.02 Å². The largest absolute Gasteiger partial charge is 0.423 e. The number of hydrogen-bond donors (Lipinski definition) is 3. The number of allylic oxidation sites excluding steroid dienone is 1. The third-order valence-electron chi connectivity index (χ3n) is 4.42. The Labute approximate surface area is 204 Å². The Kier molecular flexibility index (Phi) is 10.2. The van der Waals surface area contributed by atoms with Crippen LogP contribution >= 0.6 is 11.6 Å². The summed E-state index contributed by atoms with van der Waals surface area (Å²) in [6.45, 7) is 9.80. The van der Waals surface area contributed by atoms with Gasteiger partial charge in [0.1, 0.15) is 11.2 Å². The number of nitrogens with zero attached hydrogens (tertiary/aromatic N) is 4. The molecule has 3 rings (SSSR count). The summed E-state index contributed by atoms with van der Waals surface area (Å²) in [4.78, 5) is 21.4. The van der Waals surface area contributed by atoms with Gasteiger partial charge in [0.25, 0.3) is 0 Å². The van der Waals surface area contributed by atoms with Crippen molar-refractivity contribution in [2.75, 3.05) is 11.9 Å². The van der Waals surface area contributed by atoms with E-state index in [0.717, 1.165) is 5.52 Å². The number of terminal acetylenes is 1. The van der Waals surface area contributed by atoms with Crippen LogP contribution in [0.1, 0.15) is 45.3 Å². The van der Waals surface area contributed by atoms with Gasteiger partial charge in [0.15, 0.2) is 11.5 Å². The summed E-state index contributed by atoms with van der Waals surface area (Å²) in [5, 5.41) is 13.9. The fourth-order valence-electron chi connectivity index (χ4n) is 2.92. The highest BCUT2D eigenvalue weighted by atomic mass is 35.5.